The fraction of sp³-hybridized carbons (Fsp3) is 0. The summed E-state index contributed by atoms with van der Waals surface area (Å²) in [6.45, 7) is 0. The van der Waals surface area contributed by atoms with Crippen molar-refractivity contribution in [3.8, 4) is 0 Å². The van der Waals surface area contributed by atoms with E-state index in [0.717, 1.165) is 10.9 Å². The Balaban J connectivity index is 0.000000605. The summed E-state index contributed by atoms with van der Waals surface area (Å²) in [5.74, 6) is 0. The van der Waals surface area contributed by atoms with Gasteiger partial charge in [0.05, 0.1) is 5.52 Å². The monoisotopic (exact) mass is 189 g/mol. The third-order valence-corrected chi connectivity index (χ3v) is 1.41. The van der Waals surface area contributed by atoms with E-state index in [9.17, 15) is 0 Å². The second-order valence-corrected chi connectivity index (χ2v) is 2.08. The molecule has 57 valence electrons. The van der Waals surface area contributed by atoms with Gasteiger partial charge in [-0.2, -0.15) is 0 Å². The molecule has 0 saturated carbocycles. The van der Waals surface area contributed by atoms with Crippen LogP contribution in [0.3, 0.4) is 0 Å². The maximum atomic E-state index is 4.07. The van der Waals surface area contributed by atoms with Crippen molar-refractivity contribution in [2.24, 2.45) is 0 Å². The second kappa shape index (κ2) is 3.46. The van der Waals surface area contributed by atoms with Gasteiger partial charge in [-0.1, -0.05) is 18.2 Å². The van der Waals surface area contributed by atoms with Crippen LogP contribution in [-0.2, 0) is 16.8 Å². The van der Waals surface area contributed by atoms with Crippen LogP contribution >= 0.6 is 0 Å². The first kappa shape index (κ1) is 8.17. The third kappa shape index (κ3) is 1.55. The molecule has 0 atom stereocenters. The quantitative estimate of drug-likeness (QED) is 0.629. The van der Waals surface area contributed by atoms with Gasteiger partial charge in [-0.05, 0) is 6.07 Å². The SMILES string of the molecule is [Co].c1ccc2ncncc2c1. The molecule has 11 heavy (non-hydrogen) atoms. The first-order valence-corrected chi connectivity index (χ1v) is 3.11. The molecule has 2 rings (SSSR count). The summed E-state index contributed by atoms with van der Waals surface area (Å²) < 4.78 is 0. The molecule has 0 unspecified atom stereocenters. The van der Waals surface area contributed by atoms with Gasteiger partial charge in [0.15, 0.2) is 0 Å². The molecule has 1 aromatic heterocycles. The van der Waals surface area contributed by atoms with Crippen molar-refractivity contribution < 1.29 is 16.8 Å². The molecule has 2 nitrogen and oxygen atoms in total. The summed E-state index contributed by atoms with van der Waals surface area (Å²) >= 11 is 0. The molecule has 0 bridgehead atoms. The fourth-order valence-electron chi connectivity index (χ4n) is 0.923. The molecular weight excluding hydrogens is 183 g/mol. The molecule has 0 aliphatic heterocycles. The molecule has 0 amide bonds. The first-order chi connectivity index (χ1) is 4.97. The Bertz CT molecular complexity index is 283. The smallest absolute Gasteiger partial charge is 0.116 e. The summed E-state index contributed by atoms with van der Waals surface area (Å²) in [5.41, 5.74) is 0.998. The van der Waals surface area contributed by atoms with Crippen LogP contribution in [0.25, 0.3) is 10.9 Å². The molecular formula is C8H6CoN2. The summed E-state index contributed by atoms with van der Waals surface area (Å²) in [7, 11) is 0. The predicted octanol–water partition coefficient (Wildman–Crippen LogP) is 1.63. The average Bonchev–Trinajstić information content (AvgIpc) is 2.05. The number of hydrogen-bond donors (Lipinski definition) is 0. The van der Waals surface area contributed by atoms with Crippen molar-refractivity contribution in [1.82, 2.24) is 9.97 Å². The summed E-state index contributed by atoms with van der Waals surface area (Å²) in [4.78, 5) is 7.97. The minimum Gasteiger partial charge on any atom is -0.244 e. The van der Waals surface area contributed by atoms with Gasteiger partial charge in [0.25, 0.3) is 0 Å². The van der Waals surface area contributed by atoms with Crippen molar-refractivity contribution in [3.63, 3.8) is 0 Å². The molecule has 3 heteroatoms. The van der Waals surface area contributed by atoms with Crippen LogP contribution in [0.5, 0.6) is 0 Å². The predicted molar refractivity (Wildman–Crippen MR) is 39.5 cm³/mol. The molecule has 1 heterocycles. The average molecular weight is 189 g/mol. The van der Waals surface area contributed by atoms with Gasteiger partial charge in [0.2, 0.25) is 0 Å². The van der Waals surface area contributed by atoms with Crippen molar-refractivity contribution in [3.05, 3.63) is 36.8 Å². The van der Waals surface area contributed by atoms with Crippen LogP contribution in [0, 0.1) is 0 Å². The van der Waals surface area contributed by atoms with Crippen molar-refractivity contribution in [2.45, 2.75) is 0 Å². The van der Waals surface area contributed by atoms with Gasteiger partial charge in [-0.15, -0.1) is 0 Å². The Morgan fingerprint density at radius 1 is 1.09 bits per heavy atom. The number of rotatable bonds is 0. The number of benzene rings is 1. The van der Waals surface area contributed by atoms with E-state index in [1.165, 1.54) is 0 Å². The number of para-hydroxylation sites is 1. The second-order valence-electron chi connectivity index (χ2n) is 2.08. The van der Waals surface area contributed by atoms with Crippen LogP contribution < -0.4 is 0 Å². The summed E-state index contributed by atoms with van der Waals surface area (Å²) in [6.07, 6.45) is 3.37. The molecule has 0 saturated heterocycles. The van der Waals surface area contributed by atoms with Gasteiger partial charge >= 0.3 is 0 Å². The zero-order chi connectivity index (χ0) is 6.81. The fourth-order valence-corrected chi connectivity index (χ4v) is 0.923. The minimum absolute atomic E-state index is 0. The Morgan fingerprint density at radius 3 is 2.73 bits per heavy atom. The van der Waals surface area contributed by atoms with E-state index in [-0.39, 0.29) is 16.8 Å². The van der Waals surface area contributed by atoms with Crippen LogP contribution in [0.4, 0.5) is 0 Å². The van der Waals surface area contributed by atoms with Gasteiger partial charge < -0.3 is 0 Å². The topological polar surface area (TPSA) is 25.8 Å². The van der Waals surface area contributed by atoms with Gasteiger partial charge in [-0.3, -0.25) is 0 Å². The number of fused-ring (bicyclic) bond motifs is 1. The van der Waals surface area contributed by atoms with Crippen LogP contribution in [0.1, 0.15) is 0 Å². The van der Waals surface area contributed by atoms with Crippen molar-refractivity contribution in [1.29, 1.82) is 0 Å². The van der Waals surface area contributed by atoms with Gasteiger partial charge in [0, 0.05) is 28.4 Å². The standard InChI is InChI=1S/C8H6N2.Co/c1-2-4-8-7(3-1)5-9-6-10-8;/h1-6H;. The van der Waals surface area contributed by atoms with Gasteiger partial charge in [-0.25, -0.2) is 9.97 Å². The molecule has 1 radical (unpaired) electrons. The molecule has 0 spiro atoms. The number of aromatic nitrogens is 2. The maximum absolute atomic E-state index is 4.07. The van der Waals surface area contributed by atoms with Crippen molar-refractivity contribution in [2.75, 3.05) is 0 Å². The Labute approximate surface area is 74.9 Å². The van der Waals surface area contributed by atoms with Crippen LogP contribution in [-0.4, -0.2) is 9.97 Å². The summed E-state index contributed by atoms with van der Waals surface area (Å²) in [6, 6.07) is 7.91. The zero-order valence-electron chi connectivity index (χ0n) is 5.69. The van der Waals surface area contributed by atoms with E-state index in [4.69, 9.17) is 0 Å². The zero-order valence-corrected chi connectivity index (χ0v) is 6.73. The molecule has 0 N–H and O–H groups in total. The number of hydrogen-bond acceptors (Lipinski definition) is 2. The van der Waals surface area contributed by atoms with E-state index in [0.29, 0.717) is 0 Å². The number of nitrogens with zero attached hydrogens (tertiary/aromatic N) is 2. The molecule has 2 aromatic rings. The normalized spacial score (nSPS) is 9.09. The summed E-state index contributed by atoms with van der Waals surface area (Å²) in [5, 5.41) is 1.09. The van der Waals surface area contributed by atoms with E-state index in [1.54, 1.807) is 6.33 Å². The Kier molecular flexibility index (Phi) is 2.57. The van der Waals surface area contributed by atoms with E-state index in [2.05, 4.69) is 9.97 Å². The Morgan fingerprint density at radius 2 is 1.91 bits per heavy atom. The maximum Gasteiger partial charge on any atom is 0.116 e. The molecule has 0 aliphatic rings. The van der Waals surface area contributed by atoms with Crippen LogP contribution in [0.2, 0.25) is 0 Å². The molecule has 1 aromatic carbocycles. The van der Waals surface area contributed by atoms with E-state index >= 15 is 0 Å². The Hall–Kier alpha value is -0.934. The molecule has 0 fully saturated rings. The van der Waals surface area contributed by atoms with Crippen LogP contribution in [0.15, 0.2) is 36.8 Å². The van der Waals surface area contributed by atoms with E-state index < -0.39 is 0 Å². The first-order valence-electron chi connectivity index (χ1n) is 3.11. The largest absolute Gasteiger partial charge is 0.244 e. The molecule has 0 aliphatic carbocycles. The van der Waals surface area contributed by atoms with Crippen molar-refractivity contribution >= 4 is 10.9 Å². The van der Waals surface area contributed by atoms with E-state index in [1.807, 2.05) is 30.5 Å². The minimum atomic E-state index is 0. The third-order valence-electron chi connectivity index (χ3n) is 1.41. The van der Waals surface area contributed by atoms with Gasteiger partial charge in [0.1, 0.15) is 6.33 Å².